The average Bonchev–Trinajstić information content (AvgIpc) is 3.14. The maximum atomic E-state index is 12.5. The molecule has 0 unspecified atom stereocenters. The molecule has 27 nitrogen and oxygen atoms in total. The highest BCUT2D eigenvalue weighted by Gasteiger charge is 2.19. The molecule has 0 spiro atoms. The summed E-state index contributed by atoms with van der Waals surface area (Å²) in [5.74, 6) is -3.90. The number of nitrogen functional groups attached to an aromatic ring is 6. The Morgan fingerprint density at radius 3 is 0.983 bits per heavy atom. The van der Waals surface area contributed by atoms with E-state index >= 15 is 0 Å². The Morgan fingerprint density at radius 2 is 0.729 bits per heavy atom. The van der Waals surface area contributed by atoms with Crippen LogP contribution in [0.2, 0.25) is 15.5 Å². The molecule has 0 saturated heterocycles. The molecule has 0 fully saturated rings. The number of carbonyl (C=O) groups is 3. The molecule has 0 radical (unpaired) electrons. The molecule has 322 valence electrons. The third kappa shape index (κ3) is 15.8. The fraction of sp³-hybridized carbons (Fsp3) is 0.379. The van der Waals surface area contributed by atoms with Crippen LogP contribution in [0.15, 0.2) is 15.0 Å². The van der Waals surface area contributed by atoms with Gasteiger partial charge in [-0.2, -0.15) is 0 Å². The SMILES string of the molecule is C.NC(=NCCCNC(NCCCN=C(N)NC(=O)c1nc(Cl)c(N)nc1N)NCCCN=C(N)NC(=O)c1nc(Cl)c(N)nc1N)NC(=O)c1nc(Cl)c(N)nc1N. The van der Waals surface area contributed by atoms with Gasteiger partial charge in [0.25, 0.3) is 17.7 Å². The molecule has 0 aliphatic heterocycles. The molecule has 30 heteroatoms. The monoisotopic (exact) mass is 884 g/mol. The number of carbonyl (C=O) groups excluding carboxylic acids is 3. The number of aromatic nitrogens is 6. The number of amides is 3. The molecule has 0 bridgehead atoms. The predicted molar refractivity (Wildman–Crippen MR) is 228 cm³/mol. The van der Waals surface area contributed by atoms with Crippen LogP contribution in [0.5, 0.6) is 0 Å². The second kappa shape index (κ2) is 23.7. The molecule has 0 atom stereocenters. The lowest BCUT2D eigenvalue weighted by Crippen LogP contribution is -2.53. The van der Waals surface area contributed by atoms with Crippen LogP contribution in [0.1, 0.15) is 58.2 Å². The van der Waals surface area contributed by atoms with Crippen LogP contribution in [-0.4, -0.2) is 111 Å². The lowest BCUT2D eigenvalue weighted by molar-refractivity contribution is 0.0964. The van der Waals surface area contributed by atoms with Crippen molar-refractivity contribution in [3.05, 3.63) is 32.5 Å². The highest BCUT2D eigenvalue weighted by atomic mass is 35.5. The lowest BCUT2D eigenvalue weighted by Gasteiger charge is -2.21. The first kappa shape index (κ1) is 48.8. The minimum Gasteiger partial charge on any atom is -0.382 e. The number of nitrogens with one attached hydrogen (secondary N) is 6. The maximum absolute atomic E-state index is 12.5. The van der Waals surface area contributed by atoms with Gasteiger partial charge in [0.2, 0.25) is 0 Å². The van der Waals surface area contributed by atoms with E-state index in [4.69, 9.17) is 86.4 Å². The summed E-state index contributed by atoms with van der Waals surface area (Å²) in [6, 6.07) is 0. The number of hydrogen-bond acceptors (Lipinski definition) is 21. The van der Waals surface area contributed by atoms with Crippen molar-refractivity contribution in [1.29, 1.82) is 0 Å². The first-order valence-corrected chi connectivity index (χ1v) is 17.9. The number of nitrogens with zero attached hydrogens (tertiary/aromatic N) is 9. The minimum atomic E-state index is -0.766. The van der Waals surface area contributed by atoms with Crippen molar-refractivity contribution in [2.75, 3.05) is 73.7 Å². The van der Waals surface area contributed by atoms with E-state index in [-0.39, 0.29) is 112 Å². The first-order valence-electron chi connectivity index (χ1n) is 16.8. The van der Waals surface area contributed by atoms with Gasteiger partial charge < -0.3 is 51.6 Å². The Hall–Kier alpha value is -6.39. The Bertz CT molecular complexity index is 1820. The highest BCUT2D eigenvalue weighted by Crippen LogP contribution is 2.19. The van der Waals surface area contributed by atoms with E-state index in [0.29, 0.717) is 38.9 Å². The molecular weight excluding hydrogens is 839 g/mol. The third-order valence-electron chi connectivity index (χ3n) is 6.98. The summed E-state index contributed by atoms with van der Waals surface area (Å²) in [6.45, 7) is 2.02. The molecule has 3 aromatic rings. The summed E-state index contributed by atoms with van der Waals surface area (Å²) in [6.07, 6.45) is 1.06. The van der Waals surface area contributed by atoms with Gasteiger partial charge in [0.15, 0.2) is 85.3 Å². The van der Waals surface area contributed by atoms with Gasteiger partial charge in [-0.05, 0) is 38.9 Å². The first-order chi connectivity index (χ1) is 27.5. The molecule has 0 aliphatic rings. The number of guanidine groups is 3. The smallest absolute Gasteiger partial charge is 0.280 e. The molecule has 24 N–H and O–H groups in total. The van der Waals surface area contributed by atoms with Crippen molar-refractivity contribution >= 4 is 105 Å². The maximum Gasteiger partial charge on any atom is 0.280 e. The minimum absolute atomic E-state index is 0. The van der Waals surface area contributed by atoms with Gasteiger partial charge in [-0.15, -0.1) is 0 Å². The highest BCUT2D eigenvalue weighted by molar-refractivity contribution is 6.32. The molecule has 3 amide bonds. The van der Waals surface area contributed by atoms with E-state index in [9.17, 15) is 14.4 Å². The second-order valence-corrected chi connectivity index (χ2v) is 12.5. The molecule has 0 saturated carbocycles. The molecule has 0 aromatic carbocycles. The summed E-state index contributed by atoms with van der Waals surface area (Å²) in [5.41, 5.74) is 50.5. The normalized spacial score (nSPS) is 12.4. The van der Waals surface area contributed by atoms with Gasteiger partial charge in [-0.3, -0.25) is 61.3 Å². The van der Waals surface area contributed by atoms with Gasteiger partial charge in [0, 0.05) is 19.6 Å². The zero-order valence-corrected chi connectivity index (χ0v) is 32.8. The standard InChI is InChI=1S/C28H43Cl3N24O3.CH4/c29-13-19(35)50-16(32)10(47-13)22(56)53-25(38)41-4-1-7-44-28(45-8-2-5-42-26(39)54-23(57)11-17(33)51-20(36)14(30)48-11)46-9-3-6-43-27(40)55-24(58)12-18(34)52-21(37)15(31)49-12;/h28,44-46H,1-9H2,(H4,32,35,50)(H4,33,36,51)(H4,34,37,52)(H3,38,41,53,56)(H3,39,42,54,57)(H3,40,43,55,58);1H4. The van der Waals surface area contributed by atoms with Crippen LogP contribution in [0.3, 0.4) is 0 Å². The van der Waals surface area contributed by atoms with Crippen molar-refractivity contribution < 1.29 is 14.4 Å². The second-order valence-electron chi connectivity index (χ2n) is 11.4. The fourth-order valence-electron chi connectivity index (χ4n) is 4.26. The number of rotatable bonds is 18. The van der Waals surface area contributed by atoms with Crippen LogP contribution >= 0.6 is 34.8 Å². The Kier molecular flexibility index (Phi) is 19.6. The number of aliphatic imine (C=N–C) groups is 3. The summed E-state index contributed by atoms with van der Waals surface area (Å²) in [4.78, 5) is 72.6. The van der Waals surface area contributed by atoms with Crippen LogP contribution < -0.4 is 83.5 Å². The Balaban J connectivity index is 0.0000120. The number of hydrogen-bond donors (Lipinski definition) is 15. The van der Waals surface area contributed by atoms with Crippen LogP contribution in [0, 0.1) is 0 Å². The van der Waals surface area contributed by atoms with Crippen molar-refractivity contribution in [3.63, 3.8) is 0 Å². The third-order valence-corrected chi connectivity index (χ3v) is 7.82. The van der Waals surface area contributed by atoms with Crippen molar-refractivity contribution in [1.82, 2.24) is 61.8 Å². The van der Waals surface area contributed by atoms with E-state index in [1.165, 1.54) is 0 Å². The average molecular weight is 886 g/mol. The van der Waals surface area contributed by atoms with Gasteiger partial charge in [-0.25, -0.2) is 29.9 Å². The Morgan fingerprint density at radius 1 is 0.475 bits per heavy atom. The number of nitrogens with two attached hydrogens (primary N) is 9. The summed E-state index contributed by atoms with van der Waals surface area (Å²) >= 11 is 17.5. The van der Waals surface area contributed by atoms with Gasteiger partial charge in [0.1, 0.15) is 6.29 Å². The quantitative estimate of drug-likeness (QED) is 0.0260. The van der Waals surface area contributed by atoms with Gasteiger partial charge in [-0.1, -0.05) is 42.2 Å². The van der Waals surface area contributed by atoms with E-state index in [1.54, 1.807) is 0 Å². The predicted octanol–water partition coefficient (Wildman–Crippen LogP) is -3.10. The Labute approximate surface area is 352 Å². The van der Waals surface area contributed by atoms with Crippen molar-refractivity contribution in [3.8, 4) is 0 Å². The number of halogens is 3. The van der Waals surface area contributed by atoms with Crippen LogP contribution in [-0.2, 0) is 0 Å². The van der Waals surface area contributed by atoms with Gasteiger partial charge >= 0.3 is 0 Å². The van der Waals surface area contributed by atoms with E-state index in [2.05, 4.69) is 76.8 Å². The zero-order valence-electron chi connectivity index (χ0n) is 30.5. The van der Waals surface area contributed by atoms with Crippen molar-refractivity contribution in [2.24, 2.45) is 32.2 Å². The topological polar surface area (TPSA) is 472 Å². The van der Waals surface area contributed by atoms with Crippen LogP contribution in [0.4, 0.5) is 34.9 Å². The van der Waals surface area contributed by atoms with Crippen molar-refractivity contribution in [2.45, 2.75) is 33.0 Å². The largest absolute Gasteiger partial charge is 0.382 e. The molecule has 0 aliphatic carbocycles. The van der Waals surface area contributed by atoms with E-state index < -0.39 is 24.0 Å². The number of anilines is 6. The van der Waals surface area contributed by atoms with E-state index in [0.717, 1.165) is 0 Å². The summed E-state index contributed by atoms with van der Waals surface area (Å²) < 4.78 is 0. The molecule has 59 heavy (non-hydrogen) atoms. The van der Waals surface area contributed by atoms with Gasteiger partial charge in [0.05, 0.1) is 0 Å². The van der Waals surface area contributed by atoms with E-state index in [1.807, 2.05) is 0 Å². The summed E-state index contributed by atoms with van der Waals surface area (Å²) in [7, 11) is 0. The zero-order chi connectivity index (χ0) is 42.9. The summed E-state index contributed by atoms with van der Waals surface area (Å²) in [5, 5.41) is 16.4. The van der Waals surface area contributed by atoms with Crippen LogP contribution in [0.25, 0.3) is 0 Å². The lowest BCUT2D eigenvalue weighted by atomic mass is 10.3. The molecule has 3 aromatic heterocycles. The molecular formula is C29H47Cl3N24O3. The molecule has 3 heterocycles. The molecule has 3 rings (SSSR count). The fourth-order valence-corrected chi connectivity index (χ4v) is 4.64.